The molecule has 3 aliphatic rings. The first-order valence-electron chi connectivity index (χ1n) is 12.8. The molecule has 0 unspecified atom stereocenters. The fraction of sp³-hybridized carbons (Fsp3) is 0.667. The summed E-state index contributed by atoms with van der Waals surface area (Å²) >= 11 is -1.61. The van der Waals surface area contributed by atoms with Crippen molar-refractivity contribution in [1.82, 2.24) is 0 Å². The van der Waals surface area contributed by atoms with Crippen LogP contribution >= 0.6 is 27.3 Å². The normalized spacial score (nSPS) is 19.5. The molecule has 0 saturated heterocycles. The van der Waals surface area contributed by atoms with Gasteiger partial charge in [-0.15, -0.1) is 0 Å². The Labute approximate surface area is 226 Å². The van der Waals surface area contributed by atoms with Gasteiger partial charge in [-0.1, -0.05) is 78.7 Å². The van der Waals surface area contributed by atoms with Crippen molar-refractivity contribution in [2.45, 2.75) is 113 Å². The summed E-state index contributed by atoms with van der Waals surface area (Å²) in [6, 6.07) is 9.89. The van der Waals surface area contributed by atoms with E-state index in [1.807, 2.05) is 34.9 Å². The van der Waals surface area contributed by atoms with Gasteiger partial charge in [-0.3, -0.25) is 0 Å². The van der Waals surface area contributed by atoms with Crippen LogP contribution in [0.25, 0.3) is 0 Å². The molecule has 4 rings (SSSR count). The predicted octanol–water partition coefficient (Wildman–Crippen LogP) is 8.45. The third kappa shape index (κ3) is 14.9. The Balaban J connectivity index is 0.000000322. The van der Waals surface area contributed by atoms with Crippen molar-refractivity contribution in [3.63, 3.8) is 0 Å². The van der Waals surface area contributed by atoms with Gasteiger partial charge in [0.25, 0.3) is 0 Å². The Morgan fingerprint density at radius 2 is 1.00 bits per heavy atom. The third-order valence-corrected chi connectivity index (χ3v) is 12.9. The molecule has 0 atom stereocenters. The Morgan fingerprint density at radius 3 is 1.29 bits per heavy atom. The Hall–Kier alpha value is -0.337. The number of hydrogen-bond acceptors (Lipinski definition) is 2. The van der Waals surface area contributed by atoms with Crippen molar-refractivity contribution in [3.8, 4) is 0 Å². The van der Waals surface area contributed by atoms with Gasteiger partial charge in [-0.25, -0.2) is 0 Å². The van der Waals surface area contributed by atoms with Gasteiger partial charge in [-0.2, -0.15) is 0 Å². The molecule has 3 fully saturated rings. The van der Waals surface area contributed by atoms with Crippen LogP contribution in [0.15, 0.2) is 30.3 Å². The van der Waals surface area contributed by atoms with E-state index >= 15 is 0 Å². The molecule has 0 aromatic heterocycles. The van der Waals surface area contributed by atoms with Gasteiger partial charge < -0.3 is 19.8 Å². The summed E-state index contributed by atoms with van der Waals surface area (Å²) < 4.78 is 1.92. The fourth-order valence-electron chi connectivity index (χ4n) is 5.64. The molecule has 0 radical (unpaired) electrons. The predicted molar refractivity (Wildman–Crippen MR) is 147 cm³/mol. The van der Waals surface area contributed by atoms with E-state index in [9.17, 15) is 0 Å². The van der Waals surface area contributed by atoms with Crippen LogP contribution < -0.4 is 0 Å². The van der Waals surface area contributed by atoms with E-state index in [1.165, 1.54) is 36.2 Å². The van der Waals surface area contributed by atoms with E-state index in [-0.39, 0.29) is 0 Å². The van der Waals surface area contributed by atoms with Gasteiger partial charge in [-0.05, 0) is 55.5 Å². The van der Waals surface area contributed by atoms with E-state index in [1.54, 1.807) is 77.0 Å². The second-order valence-corrected chi connectivity index (χ2v) is 18.0. The average molecular weight is 633 g/mol. The maximum atomic E-state index is 8.24. The van der Waals surface area contributed by atoms with Gasteiger partial charge in [0.2, 0.25) is 0 Å². The molecule has 0 bridgehead atoms. The molecule has 3 saturated carbocycles. The number of benzene rings is 1. The average Bonchev–Trinajstić information content (AvgIpc) is 2.88. The summed E-state index contributed by atoms with van der Waals surface area (Å²) in [7, 11) is 11.7. The molecule has 0 spiro atoms. The Morgan fingerprint density at radius 1 is 0.686 bits per heavy atom. The summed E-state index contributed by atoms with van der Waals surface area (Å²) in [5.41, 5.74) is 4.69. The summed E-state index contributed by atoms with van der Waals surface area (Å²) in [6.07, 6.45) is 23.6. The van der Waals surface area contributed by atoms with Crippen LogP contribution in [0.3, 0.4) is 0 Å². The molecule has 4 nitrogen and oxygen atoms in total. The Kier molecular flexibility index (Phi) is 20.3. The zero-order valence-electron chi connectivity index (χ0n) is 20.6. The minimum absolute atomic E-state index is 0.385. The topological polar surface area (TPSA) is 74.6 Å². The molecular formula is C27H41Cl2O4PRu-2. The molecule has 3 aliphatic carbocycles. The van der Waals surface area contributed by atoms with E-state index in [0.717, 1.165) is 5.56 Å². The van der Waals surface area contributed by atoms with Crippen LogP contribution in [-0.2, 0) is 23.1 Å². The number of rotatable bonds is 4. The van der Waals surface area contributed by atoms with E-state index < -0.39 is 13.5 Å². The molecule has 8 heteroatoms. The number of hydrogen-bond donors (Lipinski definition) is 2. The van der Waals surface area contributed by atoms with Gasteiger partial charge in [0, 0.05) is 0 Å². The van der Waals surface area contributed by atoms with Crippen LogP contribution in [0.1, 0.15) is 102 Å². The molecule has 1 aromatic carbocycles. The fourth-order valence-corrected chi connectivity index (χ4v) is 12.1. The summed E-state index contributed by atoms with van der Waals surface area (Å²) in [4.78, 5) is 16.5. The summed E-state index contributed by atoms with van der Waals surface area (Å²) in [5, 5.41) is 13.5. The first-order chi connectivity index (χ1) is 17.1. The molecular weight excluding hydrogens is 591 g/mol. The van der Waals surface area contributed by atoms with E-state index in [2.05, 4.69) is 0 Å². The minimum atomic E-state index is -1.61. The van der Waals surface area contributed by atoms with Crippen molar-refractivity contribution < 1.29 is 33.3 Å². The van der Waals surface area contributed by atoms with E-state index in [4.69, 9.17) is 39.2 Å². The van der Waals surface area contributed by atoms with Crippen molar-refractivity contribution >= 4 is 44.9 Å². The number of halogens is 2. The SMILES string of the molecule is C1CCC(P(C2CCCCC2)C2CCCCC2)CC1.O=[C-]O.O=[C-]O.[Cl][Ru]([Cl])=[CH]c1ccccc1. The van der Waals surface area contributed by atoms with Crippen LogP contribution in [0.4, 0.5) is 0 Å². The van der Waals surface area contributed by atoms with Gasteiger partial charge in [0.1, 0.15) is 0 Å². The van der Waals surface area contributed by atoms with Crippen LogP contribution in [0.2, 0.25) is 0 Å². The van der Waals surface area contributed by atoms with E-state index in [0.29, 0.717) is 20.9 Å². The Bertz CT molecular complexity index is 637. The summed E-state index contributed by atoms with van der Waals surface area (Å²) in [6.45, 7) is 1.00. The maximum absolute atomic E-state index is 8.24. The quantitative estimate of drug-likeness (QED) is 0.199. The van der Waals surface area contributed by atoms with Gasteiger partial charge in [0.15, 0.2) is 0 Å². The van der Waals surface area contributed by atoms with Gasteiger partial charge in [0.05, 0.1) is 0 Å². The molecule has 0 amide bonds. The van der Waals surface area contributed by atoms with Crippen molar-refractivity contribution in [3.05, 3.63) is 35.9 Å². The molecule has 35 heavy (non-hydrogen) atoms. The third-order valence-electron chi connectivity index (χ3n) is 6.98. The van der Waals surface area contributed by atoms with Crippen LogP contribution in [-0.4, -0.2) is 44.7 Å². The second-order valence-electron chi connectivity index (χ2n) is 9.22. The van der Waals surface area contributed by atoms with Crippen molar-refractivity contribution in [2.75, 3.05) is 0 Å². The first kappa shape index (κ1) is 32.7. The van der Waals surface area contributed by atoms with Crippen molar-refractivity contribution in [1.29, 1.82) is 0 Å². The number of aliphatic hydroxyl groups excluding tert-OH is 2. The van der Waals surface area contributed by atoms with Crippen molar-refractivity contribution in [2.24, 2.45) is 0 Å². The molecule has 2 N–H and O–H groups in total. The molecule has 0 heterocycles. The van der Waals surface area contributed by atoms with Crippen LogP contribution in [0.5, 0.6) is 0 Å². The van der Waals surface area contributed by atoms with Gasteiger partial charge >= 0.3 is 73.4 Å². The summed E-state index contributed by atoms with van der Waals surface area (Å²) in [5.74, 6) is 0. The standard InChI is InChI=1S/C18H33P.C7H6.2CHO2.2ClH.Ru/c1-4-10-16(11-5-1)19(17-12-6-2-7-13-17)18-14-8-3-9-15-18;1-7-5-3-2-4-6-7;2*2-1-3;;;/h16-18H,1-15H2;1-6H;2*(H,2,3);2*1H;/q;;2*-1;;;+2/p-2. The monoisotopic (exact) mass is 632 g/mol. The zero-order valence-corrected chi connectivity index (χ0v) is 24.7. The van der Waals surface area contributed by atoms with Crippen LogP contribution in [0, 0.1) is 0 Å². The molecule has 0 aliphatic heterocycles. The second kappa shape index (κ2) is 21.7. The molecule has 202 valence electrons. The first-order valence-corrected chi connectivity index (χ1v) is 19.8. The zero-order chi connectivity index (χ0) is 25.7. The molecule has 1 aromatic rings.